The number of nitrogens with zero attached hydrogens (tertiary/aromatic N) is 1. The molecule has 2 fully saturated rings. The van der Waals surface area contributed by atoms with Crippen molar-refractivity contribution >= 4 is 23.6 Å². The van der Waals surface area contributed by atoms with E-state index in [1.807, 2.05) is 0 Å². The fourth-order valence-electron chi connectivity index (χ4n) is 5.67. The van der Waals surface area contributed by atoms with Crippen LogP contribution in [-0.4, -0.2) is 59.2 Å². The normalized spacial score (nSPS) is 22.6. The summed E-state index contributed by atoms with van der Waals surface area (Å²) in [4.78, 5) is 56.0. The number of carbonyl (C=O) groups excluding carboxylic acids is 4. The van der Waals surface area contributed by atoms with Gasteiger partial charge in [-0.2, -0.15) is 0 Å². The van der Waals surface area contributed by atoms with Crippen molar-refractivity contribution in [2.75, 3.05) is 6.54 Å². The summed E-state index contributed by atoms with van der Waals surface area (Å²) in [7, 11) is 0. The maximum atomic E-state index is 14.7. The second kappa shape index (κ2) is 13.4. The van der Waals surface area contributed by atoms with Gasteiger partial charge in [-0.1, -0.05) is 60.7 Å². The van der Waals surface area contributed by atoms with Crippen molar-refractivity contribution in [3.8, 4) is 0 Å². The molecule has 0 radical (unpaired) electrons. The number of benzene rings is 3. The molecule has 13 heteroatoms. The predicted octanol–water partition coefficient (Wildman–Crippen LogP) is 2.87. The molecule has 0 aromatic heterocycles. The number of rotatable bonds is 6. The maximum absolute atomic E-state index is 14.7. The number of fused-ring (bicyclic) bond motifs is 1. The number of hydrogen-bond acceptors (Lipinski definition) is 4. The van der Waals surface area contributed by atoms with Crippen LogP contribution < -0.4 is 16.0 Å². The van der Waals surface area contributed by atoms with Crippen molar-refractivity contribution in [3.63, 3.8) is 0 Å². The molecule has 3 N–H and O–H groups in total. The van der Waals surface area contributed by atoms with Crippen LogP contribution in [0, 0.1) is 29.1 Å². The van der Waals surface area contributed by atoms with Crippen LogP contribution in [-0.2, 0) is 38.4 Å². The Hall–Kier alpha value is -4.81. The van der Waals surface area contributed by atoms with Crippen LogP contribution in [0.3, 0.4) is 0 Å². The lowest BCUT2D eigenvalue weighted by Gasteiger charge is -2.32. The Morgan fingerprint density at radius 2 is 1.02 bits per heavy atom. The average Bonchev–Trinajstić information content (AvgIpc) is 3.54. The second-order valence-corrected chi connectivity index (χ2v) is 11.0. The number of carbonyl (C=O) groups is 4. The summed E-state index contributed by atoms with van der Waals surface area (Å²) >= 11 is 0. The van der Waals surface area contributed by atoms with E-state index in [9.17, 15) is 41.1 Å². The third-order valence-electron chi connectivity index (χ3n) is 7.99. The van der Waals surface area contributed by atoms with Crippen LogP contribution in [0.2, 0.25) is 0 Å². The van der Waals surface area contributed by atoms with E-state index in [1.165, 1.54) is 4.90 Å². The van der Waals surface area contributed by atoms with E-state index >= 15 is 0 Å². The van der Waals surface area contributed by atoms with Gasteiger partial charge in [0.1, 0.15) is 24.2 Å². The maximum Gasteiger partial charge on any atom is 0.246 e. The molecule has 0 spiro atoms. The number of amides is 4. The number of halogens is 5. The number of hydrogen-bond donors (Lipinski definition) is 3. The van der Waals surface area contributed by atoms with Gasteiger partial charge in [-0.15, -0.1) is 0 Å². The Morgan fingerprint density at radius 3 is 1.58 bits per heavy atom. The molecule has 3 aromatic rings. The van der Waals surface area contributed by atoms with E-state index in [4.69, 9.17) is 0 Å². The van der Waals surface area contributed by atoms with Gasteiger partial charge in [-0.3, -0.25) is 19.2 Å². The third-order valence-corrected chi connectivity index (χ3v) is 7.99. The fourth-order valence-corrected chi connectivity index (χ4v) is 5.67. The highest BCUT2D eigenvalue weighted by atomic mass is 19.2. The molecule has 0 unspecified atom stereocenters. The van der Waals surface area contributed by atoms with Gasteiger partial charge in [-0.25, -0.2) is 22.0 Å². The standard InChI is InChI=1S/C32H29F5N4O4/c33-24-19(25(34)27(36)28(37)26(24)35)16-21-30(43)40-22(15-18-10-5-2-6-11-18)32(45)41-13-7-12-23(41)31(44)39-20(29(42)38-21)14-17-8-3-1-4-9-17/h1-6,8-11,20-23H,7,12-16H2,(H,38,42)(H,39,44)(H,40,43)/t20-,21+,22-,23+/m0/s1. The van der Waals surface area contributed by atoms with Crippen molar-refractivity contribution in [3.05, 3.63) is 106 Å². The van der Waals surface area contributed by atoms with Gasteiger partial charge in [0.25, 0.3) is 0 Å². The summed E-state index contributed by atoms with van der Waals surface area (Å²) < 4.78 is 71.4. The molecule has 4 atom stereocenters. The zero-order chi connectivity index (χ0) is 32.2. The van der Waals surface area contributed by atoms with E-state index in [1.54, 1.807) is 60.7 Å². The first-order chi connectivity index (χ1) is 21.5. The van der Waals surface area contributed by atoms with Gasteiger partial charge in [0.2, 0.25) is 29.4 Å². The summed E-state index contributed by atoms with van der Waals surface area (Å²) in [6, 6.07) is 11.7. The molecule has 2 saturated heterocycles. The van der Waals surface area contributed by atoms with Crippen molar-refractivity contribution in [1.82, 2.24) is 20.9 Å². The minimum atomic E-state index is -2.37. The summed E-state index contributed by atoms with van der Waals surface area (Å²) in [5.74, 6) is -14.4. The molecule has 0 saturated carbocycles. The first kappa shape index (κ1) is 31.6. The van der Waals surface area contributed by atoms with E-state index < -0.39 is 88.9 Å². The van der Waals surface area contributed by atoms with Gasteiger partial charge < -0.3 is 20.9 Å². The Balaban J connectivity index is 1.55. The zero-order valence-electron chi connectivity index (χ0n) is 23.8. The largest absolute Gasteiger partial charge is 0.342 e. The van der Waals surface area contributed by atoms with E-state index in [2.05, 4.69) is 16.0 Å². The second-order valence-electron chi connectivity index (χ2n) is 11.0. The molecule has 45 heavy (non-hydrogen) atoms. The Bertz CT molecular complexity index is 1580. The quantitative estimate of drug-likeness (QED) is 0.222. The lowest BCUT2D eigenvalue weighted by Crippen LogP contribution is -2.62. The van der Waals surface area contributed by atoms with Gasteiger partial charge in [0.15, 0.2) is 23.3 Å². The highest BCUT2D eigenvalue weighted by Crippen LogP contribution is 2.25. The van der Waals surface area contributed by atoms with Gasteiger partial charge >= 0.3 is 0 Å². The predicted molar refractivity (Wildman–Crippen MR) is 151 cm³/mol. The smallest absolute Gasteiger partial charge is 0.246 e. The minimum Gasteiger partial charge on any atom is -0.342 e. The highest BCUT2D eigenvalue weighted by molar-refractivity contribution is 5.98. The first-order valence-corrected chi connectivity index (χ1v) is 14.3. The van der Waals surface area contributed by atoms with Crippen LogP contribution in [0.5, 0.6) is 0 Å². The Kier molecular flexibility index (Phi) is 9.45. The Labute approximate surface area is 255 Å². The lowest BCUT2D eigenvalue weighted by molar-refractivity contribution is -0.143. The molecule has 2 heterocycles. The van der Waals surface area contributed by atoms with Crippen molar-refractivity contribution in [2.45, 2.75) is 56.3 Å². The van der Waals surface area contributed by atoms with Crippen molar-refractivity contribution in [1.29, 1.82) is 0 Å². The van der Waals surface area contributed by atoms with E-state index in [0.29, 0.717) is 24.0 Å². The van der Waals surface area contributed by atoms with Gasteiger partial charge in [0, 0.05) is 31.4 Å². The molecule has 0 bridgehead atoms. The summed E-state index contributed by atoms with van der Waals surface area (Å²) in [6.45, 7) is 0.196. The topological polar surface area (TPSA) is 108 Å². The van der Waals surface area contributed by atoms with Gasteiger partial charge in [-0.05, 0) is 24.0 Å². The average molecular weight is 629 g/mol. The molecular formula is C32H29F5N4O4. The fraction of sp³-hybridized carbons (Fsp3) is 0.312. The van der Waals surface area contributed by atoms with E-state index in [0.717, 1.165) is 0 Å². The van der Waals surface area contributed by atoms with Crippen LogP contribution in [0.1, 0.15) is 29.5 Å². The van der Waals surface area contributed by atoms with Crippen LogP contribution >= 0.6 is 0 Å². The van der Waals surface area contributed by atoms with E-state index in [-0.39, 0.29) is 19.4 Å². The Morgan fingerprint density at radius 1 is 0.578 bits per heavy atom. The molecule has 2 aliphatic rings. The molecule has 236 valence electrons. The monoisotopic (exact) mass is 628 g/mol. The molecular weight excluding hydrogens is 599 g/mol. The van der Waals surface area contributed by atoms with Crippen LogP contribution in [0.4, 0.5) is 22.0 Å². The molecule has 3 aromatic carbocycles. The number of nitrogens with one attached hydrogen (secondary N) is 3. The minimum absolute atomic E-state index is 0.0456. The lowest BCUT2D eigenvalue weighted by atomic mass is 9.99. The molecule has 4 amide bonds. The summed E-state index contributed by atoms with van der Waals surface area (Å²) in [6.07, 6.45) is -0.461. The zero-order valence-corrected chi connectivity index (χ0v) is 23.8. The molecule has 0 aliphatic carbocycles. The third kappa shape index (κ3) is 6.81. The summed E-state index contributed by atoms with van der Waals surface area (Å²) in [5.41, 5.74) is -0.0760. The highest BCUT2D eigenvalue weighted by Gasteiger charge is 2.41. The summed E-state index contributed by atoms with van der Waals surface area (Å²) in [5, 5.41) is 7.48. The molecule has 2 aliphatic heterocycles. The van der Waals surface area contributed by atoms with Crippen LogP contribution in [0.25, 0.3) is 0 Å². The van der Waals surface area contributed by atoms with Crippen LogP contribution in [0.15, 0.2) is 60.7 Å². The van der Waals surface area contributed by atoms with Crippen molar-refractivity contribution in [2.24, 2.45) is 0 Å². The first-order valence-electron chi connectivity index (χ1n) is 14.3. The SMILES string of the molecule is O=C1N[C@H](Cc2c(F)c(F)c(F)c(F)c2F)C(=O)N[C@@H](Cc2ccccc2)C(=O)N2CCC[C@@H]2C(=O)N[C@H]1Cc1ccccc1. The molecule has 8 nitrogen and oxygen atoms in total. The van der Waals surface area contributed by atoms with Gasteiger partial charge in [0.05, 0.1) is 0 Å². The molecule has 5 rings (SSSR count). The van der Waals surface area contributed by atoms with Crippen molar-refractivity contribution < 1.29 is 41.1 Å².